The Balaban J connectivity index is 1.80. The van der Waals surface area contributed by atoms with Gasteiger partial charge in [0.05, 0.1) is 17.1 Å². The molecule has 2 aliphatic rings. The van der Waals surface area contributed by atoms with Gasteiger partial charge in [0.2, 0.25) is 0 Å². The normalized spacial score (nSPS) is 24.7. The molecular weight excluding hydrogens is 262 g/mol. The number of nitrogens with two attached hydrogens (primary N) is 1. The average Bonchev–Trinajstić information content (AvgIpc) is 2.76. The van der Waals surface area contributed by atoms with Crippen LogP contribution in [0, 0.1) is 10.1 Å². The van der Waals surface area contributed by atoms with E-state index in [4.69, 9.17) is 10.5 Å². The first-order chi connectivity index (χ1) is 9.54. The number of carbonyl (C=O) groups is 1. The first-order valence-electron chi connectivity index (χ1n) is 6.53. The number of hydrogen-bond acceptors (Lipinski definition) is 5. The van der Waals surface area contributed by atoms with Crippen LogP contribution >= 0.6 is 0 Å². The van der Waals surface area contributed by atoms with Crippen molar-refractivity contribution in [3.63, 3.8) is 0 Å². The van der Waals surface area contributed by atoms with Gasteiger partial charge < -0.3 is 15.4 Å². The van der Waals surface area contributed by atoms with Gasteiger partial charge in [-0.1, -0.05) is 0 Å². The molecule has 3 rings (SSSR count). The number of ether oxygens (including phenoxy) is 1. The highest BCUT2D eigenvalue weighted by Crippen LogP contribution is 2.28. The monoisotopic (exact) mass is 277 g/mol. The minimum atomic E-state index is -0.557. The number of benzene rings is 1. The highest BCUT2D eigenvalue weighted by atomic mass is 16.6. The molecule has 20 heavy (non-hydrogen) atoms. The molecule has 106 valence electrons. The summed E-state index contributed by atoms with van der Waals surface area (Å²) in [4.78, 5) is 24.3. The number of nitrogen functional groups attached to an aromatic ring is 1. The van der Waals surface area contributed by atoms with E-state index in [1.807, 2.05) is 0 Å². The number of fused-ring (bicyclic) bond motifs is 2. The van der Waals surface area contributed by atoms with Crippen LogP contribution in [0.2, 0.25) is 0 Å². The van der Waals surface area contributed by atoms with Crippen molar-refractivity contribution >= 4 is 17.3 Å². The Morgan fingerprint density at radius 1 is 1.35 bits per heavy atom. The SMILES string of the molecule is Nc1cc(C(=O)N2CC3CCC(C2)O3)ccc1[N+](=O)[O-]. The van der Waals surface area contributed by atoms with Gasteiger partial charge in [-0.3, -0.25) is 14.9 Å². The van der Waals surface area contributed by atoms with Crippen LogP contribution in [-0.2, 0) is 4.74 Å². The summed E-state index contributed by atoms with van der Waals surface area (Å²) in [6, 6.07) is 4.10. The Labute approximate surface area is 115 Å². The van der Waals surface area contributed by atoms with Crippen molar-refractivity contribution in [2.45, 2.75) is 25.0 Å². The van der Waals surface area contributed by atoms with Crippen molar-refractivity contribution in [1.82, 2.24) is 4.90 Å². The molecule has 0 aliphatic carbocycles. The van der Waals surface area contributed by atoms with Crippen molar-refractivity contribution in [2.24, 2.45) is 0 Å². The van der Waals surface area contributed by atoms with E-state index in [-0.39, 0.29) is 29.5 Å². The standard InChI is InChI=1S/C13H15N3O4/c14-11-5-8(1-4-12(11)16(18)19)13(17)15-6-9-2-3-10(7-15)20-9/h1,4-5,9-10H,2-3,6-7,14H2. The summed E-state index contributed by atoms with van der Waals surface area (Å²) in [5.74, 6) is -0.146. The topological polar surface area (TPSA) is 98.7 Å². The Bertz CT molecular complexity index is 563. The third-order valence-corrected chi connectivity index (χ3v) is 3.80. The minimum absolute atomic E-state index is 0.0112. The average molecular weight is 277 g/mol. The number of nitro benzene ring substituents is 1. The van der Waals surface area contributed by atoms with Gasteiger partial charge in [-0.25, -0.2) is 0 Å². The highest BCUT2D eigenvalue weighted by Gasteiger charge is 2.36. The lowest BCUT2D eigenvalue weighted by Gasteiger charge is -2.32. The molecule has 7 nitrogen and oxygen atoms in total. The summed E-state index contributed by atoms with van der Waals surface area (Å²) in [5, 5.41) is 10.7. The number of nitro groups is 1. The Morgan fingerprint density at radius 3 is 2.55 bits per heavy atom. The number of likely N-dealkylation sites (tertiary alicyclic amines) is 1. The van der Waals surface area contributed by atoms with Gasteiger partial charge in [-0.05, 0) is 25.0 Å². The third kappa shape index (κ3) is 2.20. The number of morpholine rings is 1. The van der Waals surface area contributed by atoms with Crippen LogP contribution in [0.15, 0.2) is 18.2 Å². The van der Waals surface area contributed by atoms with Crippen molar-refractivity contribution in [2.75, 3.05) is 18.8 Å². The van der Waals surface area contributed by atoms with E-state index in [0.29, 0.717) is 18.7 Å². The maximum Gasteiger partial charge on any atom is 0.292 e. The van der Waals surface area contributed by atoms with Gasteiger partial charge in [-0.2, -0.15) is 0 Å². The molecule has 0 spiro atoms. The molecule has 1 aromatic carbocycles. The van der Waals surface area contributed by atoms with Crippen LogP contribution < -0.4 is 5.73 Å². The summed E-state index contributed by atoms with van der Waals surface area (Å²) >= 11 is 0. The first-order valence-corrected chi connectivity index (χ1v) is 6.53. The number of hydrogen-bond donors (Lipinski definition) is 1. The van der Waals surface area contributed by atoms with Crippen LogP contribution in [0.4, 0.5) is 11.4 Å². The number of anilines is 1. The molecule has 2 heterocycles. The summed E-state index contributed by atoms with van der Waals surface area (Å²) in [7, 11) is 0. The van der Waals surface area contributed by atoms with Crippen molar-refractivity contribution < 1.29 is 14.5 Å². The van der Waals surface area contributed by atoms with Gasteiger partial charge in [0.15, 0.2) is 0 Å². The van der Waals surface area contributed by atoms with Crippen LogP contribution in [0.25, 0.3) is 0 Å². The van der Waals surface area contributed by atoms with Gasteiger partial charge in [0.25, 0.3) is 11.6 Å². The lowest BCUT2D eigenvalue weighted by Crippen LogP contribution is -2.45. The third-order valence-electron chi connectivity index (χ3n) is 3.80. The quantitative estimate of drug-likeness (QED) is 0.497. The fourth-order valence-corrected chi connectivity index (χ4v) is 2.82. The second-order valence-corrected chi connectivity index (χ2v) is 5.20. The first kappa shape index (κ1) is 12.9. The molecule has 1 amide bonds. The fraction of sp³-hybridized carbons (Fsp3) is 0.462. The van der Waals surface area contributed by atoms with Gasteiger partial charge in [0, 0.05) is 24.7 Å². The summed E-state index contributed by atoms with van der Waals surface area (Å²) in [6.07, 6.45) is 2.20. The van der Waals surface area contributed by atoms with Crippen LogP contribution in [-0.4, -0.2) is 41.0 Å². The Kier molecular flexibility index (Phi) is 3.06. The Morgan fingerprint density at radius 2 is 2.00 bits per heavy atom. The van der Waals surface area contributed by atoms with Crippen LogP contribution in [0.1, 0.15) is 23.2 Å². The summed E-state index contributed by atoms with van der Waals surface area (Å²) in [5.41, 5.74) is 5.84. The fourth-order valence-electron chi connectivity index (χ4n) is 2.82. The minimum Gasteiger partial charge on any atom is -0.393 e. The highest BCUT2D eigenvalue weighted by molar-refractivity contribution is 5.95. The maximum absolute atomic E-state index is 12.4. The second kappa shape index (κ2) is 4.75. The number of nitrogens with zero attached hydrogens (tertiary/aromatic N) is 2. The number of rotatable bonds is 2. The van der Waals surface area contributed by atoms with E-state index in [1.54, 1.807) is 4.90 Å². The molecule has 2 fully saturated rings. The molecule has 0 radical (unpaired) electrons. The zero-order chi connectivity index (χ0) is 14.3. The largest absolute Gasteiger partial charge is 0.393 e. The van der Waals surface area contributed by atoms with Gasteiger partial charge in [-0.15, -0.1) is 0 Å². The molecule has 2 bridgehead atoms. The van der Waals surface area contributed by atoms with Crippen molar-refractivity contribution in [3.05, 3.63) is 33.9 Å². The van der Waals surface area contributed by atoms with E-state index in [2.05, 4.69) is 0 Å². The van der Waals surface area contributed by atoms with Crippen LogP contribution in [0.3, 0.4) is 0 Å². The van der Waals surface area contributed by atoms with Gasteiger partial charge in [0.1, 0.15) is 5.69 Å². The van der Waals surface area contributed by atoms with E-state index in [0.717, 1.165) is 12.8 Å². The zero-order valence-corrected chi connectivity index (χ0v) is 10.8. The molecule has 0 aromatic heterocycles. The lowest BCUT2D eigenvalue weighted by molar-refractivity contribution is -0.383. The van der Waals surface area contributed by atoms with E-state index in [1.165, 1.54) is 18.2 Å². The molecule has 1 aromatic rings. The van der Waals surface area contributed by atoms with E-state index in [9.17, 15) is 14.9 Å². The molecule has 7 heteroatoms. The van der Waals surface area contributed by atoms with E-state index < -0.39 is 4.92 Å². The summed E-state index contributed by atoms with van der Waals surface area (Å²) < 4.78 is 5.68. The molecule has 2 atom stereocenters. The molecule has 2 N–H and O–H groups in total. The maximum atomic E-state index is 12.4. The van der Waals surface area contributed by atoms with E-state index >= 15 is 0 Å². The lowest BCUT2D eigenvalue weighted by atomic mass is 10.1. The van der Waals surface area contributed by atoms with Crippen molar-refractivity contribution in [1.29, 1.82) is 0 Å². The predicted molar refractivity (Wildman–Crippen MR) is 71.3 cm³/mol. The zero-order valence-electron chi connectivity index (χ0n) is 10.8. The molecule has 2 aliphatic heterocycles. The molecule has 2 saturated heterocycles. The number of carbonyl (C=O) groups excluding carboxylic acids is 1. The van der Waals surface area contributed by atoms with Gasteiger partial charge >= 0.3 is 0 Å². The molecule has 0 saturated carbocycles. The smallest absolute Gasteiger partial charge is 0.292 e. The van der Waals surface area contributed by atoms with Crippen LogP contribution in [0.5, 0.6) is 0 Å². The molecular formula is C13H15N3O4. The Hall–Kier alpha value is -2.15. The van der Waals surface area contributed by atoms with Crippen molar-refractivity contribution in [3.8, 4) is 0 Å². The molecule has 2 unspecified atom stereocenters. The predicted octanol–water partition coefficient (Wildman–Crippen LogP) is 1.18. The second-order valence-electron chi connectivity index (χ2n) is 5.20. The number of amides is 1. The summed E-state index contributed by atoms with van der Waals surface area (Å²) in [6.45, 7) is 1.15.